The van der Waals surface area contributed by atoms with E-state index in [1.807, 2.05) is 6.92 Å². The molecule has 0 bridgehead atoms. The molecule has 0 aromatic carbocycles. The van der Waals surface area contributed by atoms with Gasteiger partial charge in [0.25, 0.3) is 15.9 Å². The zero-order chi connectivity index (χ0) is 24.9. The van der Waals surface area contributed by atoms with Crippen molar-refractivity contribution >= 4 is 16.0 Å². The third-order valence-electron chi connectivity index (χ3n) is 6.37. The van der Waals surface area contributed by atoms with Crippen LogP contribution < -0.4 is 10.1 Å². The van der Waals surface area contributed by atoms with Crippen LogP contribution in [0.1, 0.15) is 70.4 Å². The van der Waals surface area contributed by atoms with Crippen LogP contribution in [0.4, 0.5) is 8.78 Å². The number of aliphatic carboxylic acids is 1. The maximum atomic E-state index is 13.2. The third kappa shape index (κ3) is 6.82. The Hall–Kier alpha value is -1.92. The molecular formula is C22H34F2N4O5S. The van der Waals surface area contributed by atoms with Gasteiger partial charge in [-0.3, -0.25) is 4.79 Å². The van der Waals surface area contributed by atoms with Crippen LogP contribution in [0.2, 0.25) is 0 Å². The summed E-state index contributed by atoms with van der Waals surface area (Å²) in [4.78, 5) is 19.8. The molecule has 1 aromatic rings. The van der Waals surface area contributed by atoms with Crippen LogP contribution in [0.5, 0.6) is 5.88 Å². The molecule has 2 fully saturated rings. The molecule has 3 rings (SSSR count). The number of carbonyl (C=O) groups is 1. The summed E-state index contributed by atoms with van der Waals surface area (Å²) in [6, 6.07) is -0.995. The number of ether oxygens (including phenoxy) is 1. The van der Waals surface area contributed by atoms with E-state index < -0.39 is 28.0 Å². The smallest absolute Gasteiger partial charge is 0.322 e. The average molecular weight is 505 g/mol. The number of nitrogens with one attached hydrogen (secondary N) is 1. The molecule has 0 amide bonds. The van der Waals surface area contributed by atoms with Crippen molar-refractivity contribution in [3.05, 3.63) is 11.9 Å². The molecule has 1 saturated heterocycles. The van der Waals surface area contributed by atoms with E-state index in [-0.39, 0.29) is 48.9 Å². The highest BCUT2D eigenvalue weighted by Gasteiger charge is 2.42. The molecule has 1 aliphatic heterocycles. The van der Waals surface area contributed by atoms with E-state index >= 15 is 0 Å². The Kier molecular flexibility index (Phi) is 8.80. The molecular weight excluding hydrogens is 470 g/mol. The Labute approximate surface area is 199 Å². The molecule has 0 radical (unpaired) electrons. The largest absolute Gasteiger partial charge is 0.480 e. The van der Waals surface area contributed by atoms with Gasteiger partial charge in [-0.2, -0.15) is 4.31 Å². The molecule has 12 heteroatoms. The highest BCUT2D eigenvalue weighted by atomic mass is 32.2. The second kappa shape index (κ2) is 11.2. The predicted octanol–water partition coefficient (Wildman–Crippen LogP) is 3.13. The van der Waals surface area contributed by atoms with E-state index in [1.165, 1.54) is 6.20 Å². The molecule has 0 spiro atoms. The maximum absolute atomic E-state index is 13.2. The third-order valence-corrected chi connectivity index (χ3v) is 8.19. The van der Waals surface area contributed by atoms with E-state index in [0.717, 1.165) is 23.7 Å². The van der Waals surface area contributed by atoms with Crippen molar-refractivity contribution in [1.82, 2.24) is 19.6 Å². The molecule has 9 nitrogen and oxygen atoms in total. The van der Waals surface area contributed by atoms with Gasteiger partial charge in [0.05, 0.1) is 11.8 Å². The Balaban J connectivity index is 1.53. The quantitative estimate of drug-likeness (QED) is 0.441. The molecule has 1 unspecified atom stereocenters. The predicted molar refractivity (Wildman–Crippen MR) is 120 cm³/mol. The number of aryl methyl sites for hydroxylation is 1. The zero-order valence-electron chi connectivity index (χ0n) is 19.7. The first-order valence-corrected chi connectivity index (χ1v) is 13.3. The summed E-state index contributed by atoms with van der Waals surface area (Å²) < 4.78 is 59.6. The van der Waals surface area contributed by atoms with Crippen molar-refractivity contribution in [2.24, 2.45) is 0 Å². The van der Waals surface area contributed by atoms with Gasteiger partial charge in [-0.25, -0.2) is 27.2 Å². The maximum Gasteiger partial charge on any atom is 0.322 e. The van der Waals surface area contributed by atoms with Crippen LogP contribution in [0, 0.1) is 6.92 Å². The number of rotatable bonds is 11. The lowest BCUT2D eigenvalue weighted by molar-refractivity contribution is -0.140. The molecule has 1 aromatic heterocycles. The monoisotopic (exact) mass is 504 g/mol. The second-order valence-electron chi connectivity index (χ2n) is 9.24. The molecule has 1 saturated carbocycles. The van der Waals surface area contributed by atoms with Crippen molar-refractivity contribution in [2.45, 2.75) is 101 Å². The zero-order valence-corrected chi connectivity index (χ0v) is 20.5. The molecule has 2 heterocycles. The molecule has 2 atom stereocenters. The Morgan fingerprint density at radius 2 is 2.03 bits per heavy atom. The fraction of sp³-hybridized carbons (Fsp3) is 0.773. The highest BCUT2D eigenvalue weighted by Crippen LogP contribution is 2.33. The minimum absolute atomic E-state index is 0.0665. The SMILES string of the molecule is Cc1cnc(S(=O)(=O)N2CCC[C@H]2C(=O)O)c(OC(C)CCCCNC2CCC(F)(F)CC2)n1. The minimum atomic E-state index is -4.19. The number of alkyl halides is 2. The number of halogens is 2. The number of hydrogen-bond donors (Lipinski definition) is 2. The lowest BCUT2D eigenvalue weighted by Crippen LogP contribution is -2.41. The van der Waals surface area contributed by atoms with Gasteiger partial charge in [-0.05, 0) is 65.3 Å². The molecule has 2 aliphatic rings. The van der Waals surface area contributed by atoms with Crippen molar-refractivity contribution in [2.75, 3.05) is 13.1 Å². The number of hydrogen-bond acceptors (Lipinski definition) is 7. The van der Waals surface area contributed by atoms with Gasteiger partial charge in [0.1, 0.15) is 6.04 Å². The Morgan fingerprint density at radius 1 is 1.32 bits per heavy atom. The molecule has 34 heavy (non-hydrogen) atoms. The summed E-state index contributed by atoms with van der Waals surface area (Å²) >= 11 is 0. The summed E-state index contributed by atoms with van der Waals surface area (Å²) in [5.41, 5.74) is 0.486. The van der Waals surface area contributed by atoms with Gasteiger partial charge in [-0.15, -0.1) is 0 Å². The summed E-state index contributed by atoms with van der Waals surface area (Å²) in [5.74, 6) is -3.84. The Morgan fingerprint density at radius 3 is 2.71 bits per heavy atom. The summed E-state index contributed by atoms with van der Waals surface area (Å²) in [7, 11) is -4.19. The number of carboxylic acids is 1. The van der Waals surface area contributed by atoms with Crippen LogP contribution in [0.3, 0.4) is 0 Å². The first-order valence-electron chi connectivity index (χ1n) is 11.9. The number of aromatic nitrogens is 2. The summed E-state index contributed by atoms with van der Waals surface area (Å²) in [6.45, 7) is 4.31. The lowest BCUT2D eigenvalue weighted by Gasteiger charge is -2.29. The lowest BCUT2D eigenvalue weighted by atomic mass is 9.92. The number of carboxylic acid groups (broad SMARTS) is 1. The van der Waals surface area contributed by atoms with E-state index in [4.69, 9.17) is 4.74 Å². The first-order chi connectivity index (χ1) is 16.0. The molecule has 2 N–H and O–H groups in total. The number of sulfonamides is 1. The van der Waals surface area contributed by atoms with Crippen molar-refractivity contribution in [3.8, 4) is 5.88 Å². The van der Waals surface area contributed by atoms with E-state index in [1.54, 1.807) is 6.92 Å². The van der Waals surface area contributed by atoms with Gasteiger partial charge < -0.3 is 15.2 Å². The van der Waals surface area contributed by atoms with E-state index in [2.05, 4.69) is 15.3 Å². The van der Waals surface area contributed by atoms with Gasteiger partial charge in [0.15, 0.2) is 0 Å². The number of unbranched alkanes of at least 4 members (excludes halogenated alkanes) is 1. The Bertz CT molecular complexity index is 953. The fourth-order valence-corrected chi connectivity index (χ4v) is 6.06. The van der Waals surface area contributed by atoms with Crippen molar-refractivity contribution < 1.29 is 31.8 Å². The first kappa shape index (κ1) is 26.7. The van der Waals surface area contributed by atoms with Gasteiger partial charge in [0, 0.05) is 31.6 Å². The molecule has 1 aliphatic carbocycles. The second-order valence-corrected chi connectivity index (χ2v) is 11.0. The van der Waals surface area contributed by atoms with Gasteiger partial charge >= 0.3 is 5.97 Å². The van der Waals surface area contributed by atoms with Crippen LogP contribution in [-0.4, -0.2) is 71.0 Å². The standard InChI is InChI=1S/C22H34F2N4O5S/c1-15-14-26-20(34(31,32)28-13-5-7-18(28)21(29)30)19(27-15)33-16(2)6-3-4-12-25-17-8-10-22(23,24)11-9-17/h14,16-18,25H,3-13H2,1-2H3,(H,29,30)/t16?,18-/m0/s1. The van der Waals surface area contributed by atoms with Gasteiger partial charge in [-0.1, -0.05) is 0 Å². The normalized spacial score (nSPS) is 22.5. The van der Waals surface area contributed by atoms with Crippen LogP contribution in [-0.2, 0) is 14.8 Å². The van der Waals surface area contributed by atoms with E-state index in [9.17, 15) is 27.1 Å². The number of nitrogens with zero attached hydrogens (tertiary/aromatic N) is 3. The summed E-state index contributed by atoms with van der Waals surface area (Å²) in [6.07, 6.45) is 4.79. The molecule has 192 valence electrons. The van der Waals surface area contributed by atoms with Gasteiger partial charge in [0.2, 0.25) is 10.9 Å². The average Bonchev–Trinajstić information content (AvgIpc) is 3.26. The summed E-state index contributed by atoms with van der Waals surface area (Å²) in [5, 5.41) is 12.4. The van der Waals surface area contributed by atoms with Crippen LogP contribution in [0.15, 0.2) is 11.2 Å². The van der Waals surface area contributed by atoms with Crippen LogP contribution in [0.25, 0.3) is 0 Å². The van der Waals surface area contributed by atoms with E-state index in [0.29, 0.717) is 31.4 Å². The van der Waals surface area contributed by atoms with Crippen molar-refractivity contribution in [1.29, 1.82) is 0 Å². The van der Waals surface area contributed by atoms with Crippen LogP contribution >= 0.6 is 0 Å². The topological polar surface area (TPSA) is 122 Å². The highest BCUT2D eigenvalue weighted by molar-refractivity contribution is 7.89. The minimum Gasteiger partial charge on any atom is -0.480 e. The van der Waals surface area contributed by atoms with Crippen molar-refractivity contribution in [3.63, 3.8) is 0 Å². The fourth-order valence-electron chi connectivity index (χ4n) is 4.44.